The first-order valence-corrected chi connectivity index (χ1v) is 7.56. The minimum Gasteiger partial charge on any atom is -0.480 e. The maximum Gasteiger partial charge on any atom is 0.323 e. The average Bonchev–Trinajstić information content (AvgIpc) is 2.77. The van der Waals surface area contributed by atoms with Crippen LogP contribution < -0.4 is 0 Å². The molecule has 0 radical (unpaired) electrons. The Morgan fingerprint density at radius 3 is 2.74 bits per heavy atom. The molecule has 19 heavy (non-hydrogen) atoms. The Kier molecular flexibility index (Phi) is 4.21. The van der Waals surface area contributed by atoms with Gasteiger partial charge in [0.15, 0.2) is 0 Å². The van der Waals surface area contributed by atoms with Crippen molar-refractivity contribution in [1.29, 1.82) is 0 Å². The number of carboxylic acids is 1. The number of hydrogen-bond acceptors (Lipinski definition) is 3. The molecule has 1 aromatic carbocycles. The lowest BCUT2D eigenvalue weighted by molar-refractivity contribution is -0.149. The summed E-state index contributed by atoms with van der Waals surface area (Å²) in [5, 5.41) is 9.80. The summed E-state index contributed by atoms with van der Waals surface area (Å²) in [5.41, 5.74) is 0.589. The van der Waals surface area contributed by atoms with Crippen LogP contribution in [0, 0.1) is 0 Å². The number of carboxylic acid groups (broad SMARTS) is 1. The Morgan fingerprint density at radius 1 is 1.47 bits per heavy atom. The van der Waals surface area contributed by atoms with Crippen molar-refractivity contribution in [3.63, 3.8) is 0 Å². The molecule has 0 bridgehead atoms. The van der Waals surface area contributed by atoms with E-state index in [0.717, 1.165) is 19.5 Å². The fourth-order valence-electron chi connectivity index (χ4n) is 2.49. The smallest absolute Gasteiger partial charge is 0.323 e. The molecule has 0 fully saturated rings. The van der Waals surface area contributed by atoms with Crippen LogP contribution in [0.3, 0.4) is 0 Å². The van der Waals surface area contributed by atoms with Crippen molar-refractivity contribution >= 4 is 17.7 Å². The van der Waals surface area contributed by atoms with Gasteiger partial charge >= 0.3 is 5.97 Å². The number of thioether (sulfide) groups is 1. The molecule has 1 unspecified atom stereocenters. The number of benzene rings is 1. The Balaban J connectivity index is 2.04. The number of aliphatic carboxylic acids is 1. The topological polar surface area (TPSA) is 40.5 Å². The monoisotopic (exact) mass is 279 g/mol. The van der Waals surface area contributed by atoms with Gasteiger partial charge in [0.1, 0.15) is 5.54 Å². The molecule has 1 aliphatic heterocycles. The van der Waals surface area contributed by atoms with Gasteiger partial charge in [-0.2, -0.15) is 0 Å². The molecule has 0 saturated heterocycles. The Hall–Kier alpha value is -1.00. The fourth-order valence-corrected chi connectivity index (χ4v) is 3.83. The normalized spacial score (nSPS) is 18.6. The molecule has 1 atom stereocenters. The van der Waals surface area contributed by atoms with Crippen LogP contribution in [0.5, 0.6) is 0 Å². The molecule has 0 amide bonds. The van der Waals surface area contributed by atoms with Crippen molar-refractivity contribution in [1.82, 2.24) is 4.90 Å². The van der Waals surface area contributed by atoms with Crippen LogP contribution in [-0.4, -0.2) is 39.9 Å². The second-order valence-electron chi connectivity index (χ2n) is 5.45. The number of carbonyl (C=O) groups is 1. The van der Waals surface area contributed by atoms with Crippen LogP contribution in [0.2, 0.25) is 0 Å². The molecule has 0 aromatic heterocycles. The molecule has 4 heteroatoms. The predicted molar refractivity (Wildman–Crippen MR) is 78.8 cm³/mol. The van der Waals surface area contributed by atoms with Gasteiger partial charge in [-0.1, -0.05) is 25.1 Å². The molecule has 0 saturated carbocycles. The highest BCUT2D eigenvalue weighted by Gasteiger charge is 2.36. The van der Waals surface area contributed by atoms with Crippen LogP contribution >= 0.6 is 11.8 Å². The third-order valence-electron chi connectivity index (χ3n) is 3.83. The lowest BCUT2D eigenvalue weighted by Gasteiger charge is -2.35. The van der Waals surface area contributed by atoms with E-state index >= 15 is 0 Å². The van der Waals surface area contributed by atoms with E-state index in [1.165, 1.54) is 10.5 Å². The number of likely N-dealkylation sites (N-methyl/N-ethyl adjacent to an activating group) is 1. The Bertz CT molecular complexity index is 448. The standard InChI is InChI=1S/C15H21NO2S/c1-4-16(15(2,3)14(17)18)10-12-9-11-7-5-6-8-13(11)19-12/h5-8,12H,4,9-10H2,1-3H3,(H,17,18). The lowest BCUT2D eigenvalue weighted by Crippen LogP contribution is -2.52. The minimum absolute atomic E-state index is 0.455. The van der Waals surface area contributed by atoms with Gasteiger partial charge in [-0.15, -0.1) is 11.8 Å². The molecule has 1 N–H and O–H groups in total. The van der Waals surface area contributed by atoms with Gasteiger partial charge in [0.25, 0.3) is 0 Å². The zero-order valence-corrected chi connectivity index (χ0v) is 12.5. The summed E-state index contributed by atoms with van der Waals surface area (Å²) in [6, 6.07) is 8.45. The van der Waals surface area contributed by atoms with Crippen LogP contribution in [0.15, 0.2) is 29.2 Å². The Labute approximate surface area is 119 Å². The predicted octanol–water partition coefficient (Wildman–Crippen LogP) is 2.89. The first-order valence-electron chi connectivity index (χ1n) is 6.68. The first kappa shape index (κ1) is 14.4. The maximum absolute atomic E-state index is 11.4. The summed E-state index contributed by atoms with van der Waals surface area (Å²) >= 11 is 1.87. The molecular formula is C15H21NO2S. The minimum atomic E-state index is -0.802. The van der Waals surface area contributed by atoms with Crippen molar-refractivity contribution in [2.75, 3.05) is 13.1 Å². The second kappa shape index (κ2) is 5.55. The lowest BCUT2D eigenvalue weighted by atomic mass is 10.0. The quantitative estimate of drug-likeness (QED) is 0.899. The molecule has 0 aliphatic carbocycles. The largest absolute Gasteiger partial charge is 0.480 e. The molecule has 3 nitrogen and oxygen atoms in total. The van der Waals surface area contributed by atoms with E-state index in [4.69, 9.17) is 0 Å². The van der Waals surface area contributed by atoms with Gasteiger partial charge in [0, 0.05) is 16.7 Å². The van der Waals surface area contributed by atoms with Gasteiger partial charge < -0.3 is 5.11 Å². The zero-order chi connectivity index (χ0) is 14.0. The average molecular weight is 279 g/mol. The van der Waals surface area contributed by atoms with Gasteiger partial charge in [-0.05, 0) is 38.4 Å². The SMILES string of the molecule is CCN(CC1Cc2ccccc2S1)C(C)(C)C(=O)O. The van der Waals surface area contributed by atoms with E-state index in [1.807, 2.05) is 18.7 Å². The summed E-state index contributed by atoms with van der Waals surface area (Å²) in [6.07, 6.45) is 1.03. The number of nitrogens with zero attached hydrogens (tertiary/aromatic N) is 1. The third-order valence-corrected chi connectivity index (χ3v) is 5.13. The van der Waals surface area contributed by atoms with Crippen LogP contribution in [0.25, 0.3) is 0 Å². The van der Waals surface area contributed by atoms with Crippen molar-refractivity contribution in [3.8, 4) is 0 Å². The van der Waals surface area contributed by atoms with Crippen LogP contribution in [0.1, 0.15) is 26.3 Å². The number of fused-ring (bicyclic) bond motifs is 1. The van der Waals surface area contributed by atoms with Crippen molar-refractivity contribution in [2.24, 2.45) is 0 Å². The summed E-state index contributed by atoms with van der Waals surface area (Å²) in [7, 11) is 0. The molecular weight excluding hydrogens is 258 g/mol. The first-order chi connectivity index (χ1) is 8.95. The van der Waals surface area contributed by atoms with Gasteiger partial charge in [-0.3, -0.25) is 9.69 Å². The second-order valence-corrected chi connectivity index (χ2v) is 6.80. The van der Waals surface area contributed by atoms with Gasteiger partial charge in [0.05, 0.1) is 0 Å². The maximum atomic E-state index is 11.4. The molecule has 1 aromatic rings. The van der Waals surface area contributed by atoms with Crippen molar-refractivity contribution in [3.05, 3.63) is 29.8 Å². The zero-order valence-electron chi connectivity index (χ0n) is 11.7. The number of rotatable bonds is 5. The third kappa shape index (κ3) is 2.95. The summed E-state index contributed by atoms with van der Waals surface area (Å²) in [6.45, 7) is 7.16. The fraction of sp³-hybridized carbons (Fsp3) is 0.533. The van der Waals surface area contributed by atoms with Gasteiger partial charge in [0.2, 0.25) is 0 Å². The van der Waals surface area contributed by atoms with Crippen LogP contribution in [0.4, 0.5) is 0 Å². The van der Waals surface area contributed by atoms with Crippen molar-refractivity contribution < 1.29 is 9.90 Å². The number of hydrogen-bond donors (Lipinski definition) is 1. The highest BCUT2D eigenvalue weighted by atomic mass is 32.2. The summed E-state index contributed by atoms with van der Waals surface area (Å²) in [4.78, 5) is 14.8. The van der Waals surface area contributed by atoms with E-state index in [1.54, 1.807) is 13.8 Å². The van der Waals surface area contributed by atoms with Crippen molar-refractivity contribution in [2.45, 2.75) is 42.9 Å². The molecule has 2 rings (SSSR count). The van der Waals surface area contributed by atoms with Gasteiger partial charge in [-0.25, -0.2) is 0 Å². The molecule has 1 heterocycles. The van der Waals surface area contributed by atoms with Crippen LogP contribution in [-0.2, 0) is 11.2 Å². The van der Waals surface area contributed by atoms with E-state index in [2.05, 4.69) is 29.2 Å². The molecule has 1 aliphatic rings. The van der Waals surface area contributed by atoms with E-state index < -0.39 is 11.5 Å². The molecule has 0 spiro atoms. The van der Waals surface area contributed by atoms with E-state index in [9.17, 15) is 9.90 Å². The van der Waals surface area contributed by atoms with E-state index in [-0.39, 0.29) is 0 Å². The highest BCUT2D eigenvalue weighted by Crippen LogP contribution is 2.37. The summed E-state index contributed by atoms with van der Waals surface area (Å²) < 4.78 is 0. The highest BCUT2D eigenvalue weighted by molar-refractivity contribution is 8.00. The van der Waals surface area contributed by atoms with E-state index in [0.29, 0.717) is 5.25 Å². The molecule has 104 valence electrons. The summed E-state index contributed by atoms with van der Waals surface area (Å²) in [5.74, 6) is -0.755. The Morgan fingerprint density at radius 2 is 2.16 bits per heavy atom.